The lowest BCUT2D eigenvalue weighted by Crippen LogP contribution is -2.53. The molecule has 29 heavy (non-hydrogen) atoms. The number of carbonyl (C=O) groups is 2. The van der Waals surface area contributed by atoms with E-state index in [4.69, 9.17) is 0 Å². The van der Waals surface area contributed by atoms with Crippen LogP contribution in [0.15, 0.2) is 35.7 Å². The Hall–Kier alpha value is -2.26. The van der Waals surface area contributed by atoms with E-state index >= 15 is 0 Å². The molecule has 2 heterocycles. The van der Waals surface area contributed by atoms with Gasteiger partial charge >= 0.3 is 0 Å². The first-order valence-corrected chi connectivity index (χ1v) is 12.1. The first-order chi connectivity index (χ1) is 13.8. The summed E-state index contributed by atoms with van der Waals surface area (Å²) in [5.74, 6) is -0.695. The molecule has 1 aromatic heterocycles. The number of thiazole rings is 1. The fourth-order valence-corrected chi connectivity index (χ4v) is 5.45. The number of piperazine rings is 1. The van der Waals surface area contributed by atoms with Crippen LogP contribution in [0.4, 0.5) is 0 Å². The lowest BCUT2D eigenvalue weighted by Gasteiger charge is -2.35. The highest BCUT2D eigenvalue weighted by Gasteiger charge is 2.34. The van der Waals surface area contributed by atoms with Crippen LogP contribution in [0.25, 0.3) is 0 Å². The molecule has 3 rings (SSSR count). The van der Waals surface area contributed by atoms with E-state index in [2.05, 4.69) is 4.98 Å². The largest absolute Gasteiger partial charge is 0.339 e. The zero-order valence-corrected chi connectivity index (χ0v) is 18.2. The SMILES string of the molecule is CC(=O)N1CCN(C(=O)C(C)S(=O)(=O)Cc2csc(Cc3ccccc3)n2)CC1. The Kier molecular flexibility index (Phi) is 6.69. The van der Waals surface area contributed by atoms with Gasteiger partial charge in [-0.3, -0.25) is 9.59 Å². The number of aromatic nitrogens is 1. The Bertz CT molecular complexity index is 965. The van der Waals surface area contributed by atoms with Crippen LogP contribution in [-0.2, 0) is 31.6 Å². The van der Waals surface area contributed by atoms with Gasteiger partial charge in [0, 0.05) is 44.9 Å². The molecule has 1 aromatic carbocycles. The highest BCUT2D eigenvalue weighted by atomic mass is 32.2. The number of hydrogen-bond donors (Lipinski definition) is 0. The molecule has 1 fully saturated rings. The van der Waals surface area contributed by atoms with Crippen molar-refractivity contribution in [2.45, 2.75) is 31.3 Å². The first kappa shape index (κ1) is 21.4. The summed E-state index contributed by atoms with van der Waals surface area (Å²) in [6.45, 7) is 4.51. The van der Waals surface area contributed by atoms with Crippen LogP contribution in [0.5, 0.6) is 0 Å². The predicted molar refractivity (Wildman–Crippen MR) is 112 cm³/mol. The average Bonchev–Trinajstić information content (AvgIpc) is 3.13. The third-order valence-corrected chi connectivity index (χ3v) is 7.94. The van der Waals surface area contributed by atoms with E-state index in [0.29, 0.717) is 38.3 Å². The van der Waals surface area contributed by atoms with E-state index < -0.39 is 21.0 Å². The second kappa shape index (κ2) is 9.04. The smallest absolute Gasteiger partial charge is 0.240 e. The molecule has 1 aliphatic rings. The molecule has 7 nitrogen and oxygen atoms in total. The van der Waals surface area contributed by atoms with Gasteiger partial charge in [-0.15, -0.1) is 11.3 Å². The van der Waals surface area contributed by atoms with Crippen LogP contribution in [0.3, 0.4) is 0 Å². The van der Waals surface area contributed by atoms with Crippen LogP contribution in [0.1, 0.15) is 30.1 Å². The molecular formula is C20H25N3O4S2. The molecule has 0 radical (unpaired) electrons. The summed E-state index contributed by atoms with van der Waals surface area (Å²) < 4.78 is 25.6. The molecule has 156 valence electrons. The molecule has 1 atom stereocenters. The van der Waals surface area contributed by atoms with Crippen molar-refractivity contribution >= 4 is 33.0 Å². The molecule has 0 aliphatic carbocycles. The van der Waals surface area contributed by atoms with Crippen molar-refractivity contribution in [3.8, 4) is 0 Å². The Labute approximate surface area is 175 Å². The van der Waals surface area contributed by atoms with Gasteiger partial charge in [-0.1, -0.05) is 30.3 Å². The quantitative estimate of drug-likeness (QED) is 0.690. The normalized spacial score (nSPS) is 15.9. The average molecular weight is 436 g/mol. The topological polar surface area (TPSA) is 87.7 Å². The second-order valence-electron chi connectivity index (χ2n) is 7.18. The molecule has 1 saturated heterocycles. The minimum absolute atomic E-state index is 0.0346. The third kappa shape index (κ3) is 5.42. The number of sulfone groups is 1. The Morgan fingerprint density at radius 1 is 1.10 bits per heavy atom. The number of carbonyl (C=O) groups excluding carboxylic acids is 2. The van der Waals surface area contributed by atoms with Crippen molar-refractivity contribution in [2.75, 3.05) is 26.2 Å². The summed E-state index contributed by atoms with van der Waals surface area (Å²) in [7, 11) is -3.68. The molecule has 0 bridgehead atoms. The fourth-order valence-electron chi connectivity index (χ4n) is 3.25. The van der Waals surface area contributed by atoms with Crippen LogP contribution in [0, 0.1) is 0 Å². The highest BCUT2D eigenvalue weighted by molar-refractivity contribution is 7.92. The van der Waals surface area contributed by atoms with E-state index in [-0.39, 0.29) is 11.7 Å². The van der Waals surface area contributed by atoms with Gasteiger partial charge in [0.15, 0.2) is 9.84 Å². The number of hydrogen-bond acceptors (Lipinski definition) is 6. The molecule has 0 spiro atoms. The zero-order valence-electron chi connectivity index (χ0n) is 16.6. The molecular weight excluding hydrogens is 410 g/mol. The van der Waals surface area contributed by atoms with Crippen molar-refractivity contribution in [1.29, 1.82) is 0 Å². The number of nitrogens with zero attached hydrogens (tertiary/aromatic N) is 3. The van der Waals surface area contributed by atoms with Crippen molar-refractivity contribution in [2.24, 2.45) is 0 Å². The maximum atomic E-state index is 12.8. The number of amides is 2. The summed E-state index contributed by atoms with van der Waals surface area (Å²) in [5.41, 5.74) is 1.59. The van der Waals surface area contributed by atoms with E-state index in [1.54, 1.807) is 10.3 Å². The molecule has 2 aromatic rings. The van der Waals surface area contributed by atoms with Gasteiger partial charge in [0.25, 0.3) is 0 Å². The molecule has 0 saturated carbocycles. The number of benzene rings is 1. The second-order valence-corrected chi connectivity index (χ2v) is 10.4. The zero-order chi connectivity index (χ0) is 21.0. The van der Waals surface area contributed by atoms with Crippen molar-refractivity contribution in [3.05, 3.63) is 52.0 Å². The van der Waals surface area contributed by atoms with Crippen LogP contribution in [0.2, 0.25) is 0 Å². The van der Waals surface area contributed by atoms with Gasteiger partial charge in [-0.2, -0.15) is 0 Å². The summed E-state index contributed by atoms with van der Waals surface area (Å²) in [6.07, 6.45) is 0.653. The lowest BCUT2D eigenvalue weighted by atomic mass is 10.2. The Balaban J connectivity index is 1.60. The summed E-state index contributed by atoms with van der Waals surface area (Å²) >= 11 is 1.43. The van der Waals surface area contributed by atoms with E-state index in [1.165, 1.54) is 30.1 Å². The first-order valence-electron chi connectivity index (χ1n) is 9.49. The Morgan fingerprint density at radius 3 is 2.34 bits per heavy atom. The molecule has 2 amide bonds. The molecule has 1 unspecified atom stereocenters. The van der Waals surface area contributed by atoms with E-state index in [0.717, 1.165) is 10.6 Å². The van der Waals surface area contributed by atoms with E-state index in [1.807, 2.05) is 30.3 Å². The maximum Gasteiger partial charge on any atom is 0.240 e. The molecule has 0 N–H and O–H groups in total. The lowest BCUT2D eigenvalue weighted by molar-refractivity contribution is -0.137. The van der Waals surface area contributed by atoms with Gasteiger partial charge in [0.2, 0.25) is 11.8 Å². The monoisotopic (exact) mass is 435 g/mol. The Morgan fingerprint density at radius 2 is 1.72 bits per heavy atom. The van der Waals surface area contributed by atoms with Crippen LogP contribution >= 0.6 is 11.3 Å². The summed E-state index contributed by atoms with van der Waals surface area (Å²) in [5, 5.41) is 1.46. The van der Waals surface area contributed by atoms with Crippen molar-refractivity contribution in [1.82, 2.24) is 14.8 Å². The van der Waals surface area contributed by atoms with Crippen LogP contribution in [-0.4, -0.2) is 66.4 Å². The minimum Gasteiger partial charge on any atom is -0.339 e. The van der Waals surface area contributed by atoms with Gasteiger partial charge in [0.05, 0.1) is 16.5 Å². The summed E-state index contributed by atoms with van der Waals surface area (Å²) in [6, 6.07) is 9.87. The fraction of sp³-hybridized carbons (Fsp3) is 0.450. The van der Waals surface area contributed by atoms with Gasteiger partial charge in [-0.25, -0.2) is 13.4 Å². The van der Waals surface area contributed by atoms with E-state index in [9.17, 15) is 18.0 Å². The van der Waals surface area contributed by atoms with Crippen molar-refractivity contribution < 1.29 is 18.0 Å². The standard InChI is InChI=1S/C20H25N3O4S2/c1-15(20(25)23-10-8-22(9-11-23)16(2)24)29(26,27)14-18-13-28-19(21-18)12-17-6-4-3-5-7-17/h3-7,13,15H,8-12,14H2,1-2H3. The summed E-state index contributed by atoms with van der Waals surface area (Å²) in [4.78, 5) is 31.7. The highest BCUT2D eigenvalue weighted by Crippen LogP contribution is 2.19. The molecule has 1 aliphatic heterocycles. The van der Waals surface area contributed by atoms with Gasteiger partial charge in [-0.05, 0) is 12.5 Å². The van der Waals surface area contributed by atoms with Crippen molar-refractivity contribution in [3.63, 3.8) is 0 Å². The maximum absolute atomic E-state index is 12.8. The van der Waals surface area contributed by atoms with Gasteiger partial charge < -0.3 is 9.80 Å². The van der Waals surface area contributed by atoms with Crippen LogP contribution < -0.4 is 0 Å². The number of rotatable bonds is 6. The minimum atomic E-state index is -3.68. The third-order valence-electron chi connectivity index (χ3n) is 5.07. The van der Waals surface area contributed by atoms with Gasteiger partial charge in [0.1, 0.15) is 5.25 Å². The predicted octanol–water partition coefficient (Wildman–Crippen LogP) is 1.73. The molecule has 9 heteroatoms.